The Morgan fingerprint density at radius 1 is 0.970 bits per heavy atom. The average molecular weight is 445 g/mol. The molecule has 3 N–H and O–H groups in total. The average Bonchev–Trinajstić information content (AvgIpc) is 2.93. The van der Waals surface area contributed by atoms with Crippen molar-refractivity contribution < 1.29 is 9.59 Å². The third kappa shape index (κ3) is 4.65. The molecule has 0 fully saturated rings. The number of nitrogens with zero attached hydrogens (tertiary/aromatic N) is 2. The van der Waals surface area contributed by atoms with Crippen LogP contribution >= 0.6 is 0 Å². The standard InChI is InChI=1S/C27H32N4O2/c1-5-26(29)27(14-17(2)28)24-10-8-20(18(3)30-15-32)12-22(24)6-7-23-13-21(9-11-25(23)27)19(4)31-16-33/h8-13,17-19,29H,5-7,14,28H2,1-4H3/t17-,18?,19?,27?/m1/s1. The fourth-order valence-electron chi connectivity index (χ4n) is 5.17. The molecule has 6 heteroatoms. The highest BCUT2D eigenvalue weighted by molar-refractivity contribution is 5.97. The summed E-state index contributed by atoms with van der Waals surface area (Å²) in [6.45, 7) is 7.75. The van der Waals surface area contributed by atoms with Crippen molar-refractivity contribution in [3.63, 3.8) is 0 Å². The van der Waals surface area contributed by atoms with Gasteiger partial charge in [0.15, 0.2) is 0 Å². The van der Waals surface area contributed by atoms with E-state index in [1.54, 1.807) is 12.2 Å². The summed E-state index contributed by atoms with van der Waals surface area (Å²) in [6, 6.07) is 11.8. The van der Waals surface area contributed by atoms with Crippen LogP contribution < -0.4 is 5.73 Å². The number of aryl methyl sites for hydroxylation is 2. The quantitative estimate of drug-likeness (QED) is 0.440. The van der Waals surface area contributed by atoms with Crippen molar-refractivity contribution in [2.24, 2.45) is 15.7 Å². The molecule has 0 amide bonds. The van der Waals surface area contributed by atoms with E-state index in [-0.39, 0.29) is 18.1 Å². The Bertz CT molecular complexity index is 1070. The first kappa shape index (κ1) is 24.5. The fourth-order valence-corrected chi connectivity index (χ4v) is 5.17. The molecule has 0 aliphatic heterocycles. The molecule has 0 saturated carbocycles. The summed E-state index contributed by atoms with van der Waals surface area (Å²) in [6.07, 6.45) is 6.12. The zero-order valence-corrected chi connectivity index (χ0v) is 19.8. The van der Waals surface area contributed by atoms with Gasteiger partial charge in [0.05, 0.1) is 17.5 Å². The maximum absolute atomic E-state index is 10.8. The molecule has 1 aliphatic rings. The molecule has 0 saturated heterocycles. The lowest BCUT2D eigenvalue weighted by Crippen LogP contribution is -2.42. The Balaban J connectivity index is 2.31. The van der Waals surface area contributed by atoms with E-state index in [1.807, 2.05) is 39.8 Å². The number of aliphatic imine (C=N–C) groups is 2. The number of nitrogens with two attached hydrogens (primary N) is 1. The molecule has 2 aromatic rings. The van der Waals surface area contributed by atoms with Crippen molar-refractivity contribution in [3.8, 4) is 0 Å². The van der Waals surface area contributed by atoms with Crippen molar-refractivity contribution >= 4 is 17.9 Å². The first-order valence-corrected chi connectivity index (χ1v) is 11.5. The second-order valence-corrected chi connectivity index (χ2v) is 9.04. The van der Waals surface area contributed by atoms with Crippen LogP contribution in [0.15, 0.2) is 46.4 Å². The van der Waals surface area contributed by atoms with Crippen LogP contribution in [-0.4, -0.2) is 23.9 Å². The molecular weight excluding hydrogens is 412 g/mol. The Kier molecular flexibility index (Phi) is 7.55. The summed E-state index contributed by atoms with van der Waals surface area (Å²) in [5.74, 6) is 0. The minimum atomic E-state index is -0.643. The Labute approximate surface area is 195 Å². The molecule has 0 spiro atoms. The first-order valence-electron chi connectivity index (χ1n) is 11.5. The first-order chi connectivity index (χ1) is 15.8. The van der Waals surface area contributed by atoms with E-state index in [0.29, 0.717) is 18.6 Å². The van der Waals surface area contributed by atoms with E-state index in [2.05, 4.69) is 34.3 Å². The highest BCUT2D eigenvalue weighted by Crippen LogP contribution is 2.45. The van der Waals surface area contributed by atoms with E-state index < -0.39 is 5.41 Å². The number of benzene rings is 2. The van der Waals surface area contributed by atoms with Gasteiger partial charge in [-0.25, -0.2) is 9.59 Å². The molecule has 0 bridgehead atoms. The predicted molar refractivity (Wildman–Crippen MR) is 130 cm³/mol. The molecule has 0 radical (unpaired) electrons. The van der Waals surface area contributed by atoms with E-state index in [0.717, 1.165) is 46.2 Å². The second-order valence-electron chi connectivity index (χ2n) is 9.04. The largest absolute Gasteiger partial charge is 0.328 e. The number of isocyanates is 2. The molecular formula is C27H32N4O2. The van der Waals surface area contributed by atoms with Crippen LogP contribution in [0, 0.1) is 5.41 Å². The second kappa shape index (κ2) is 10.2. The van der Waals surface area contributed by atoms with Gasteiger partial charge in [-0.2, -0.15) is 9.98 Å². The van der Waals surface area contributed by atoms with E-state index >= 15 is 0 Å². The van der Waals surface area contributed by atoms with Crippen LogP contribution in [0.1, 0.15) is 86.0 Å². The minimum Gasteiger partial charge on any atom is -0.328 e. The zero-order chi connectivity index (χ0) is 24.2. The normalized spacial score (nSPS) is 19.5. The molecule has 3 rings (SSSR count). The lowest BCUT2D eigenvalue weighted by molar-refractivity contribution is 0.531. The number of carbonyl (C=O) groups excluding carboxylic acids is 2. The van der Waals surface area contributed by atoms with Crippen LogP contribution in [0.5, 0.6) is 0 Å². The number of hydrogen-bond donors (Lipinski definition) is 2. The zero-order valence-electron chi connectivity index (χ0n) is 19.8. The molecule has 33 heavy (non-hydrogen) atoms. The summed E-state index contributed by atoms with van der Waals surface area (Å²) in [5.41, 5.74) is 12.8. The third-order valence-corrected chi connectivity index (χ3v) is 6.80. The van der Waals surface area contributed by atoms with E-state index in [4.69, 9.17) is 11.1 Å². The van der Waals surface area contributed by atoms with Crippen LogP contribution in [0.25, 0.3) is 0 Å². The van der Waals surface area contributed by atoms with Crippen molar-refractivity contribution in [3.05, 3.63) is 69.8 Å². The molecule has 0 heterocycles. The molecule has 6 nitrogen and oxygen atoms in total. The predicted octanol–water partition coefficient (Wildman–Crippen LogP) is 5.03. The molecule has 0 aromatic heterocycles. The van der Waals surface area contributed by atoms with E-state index in [1.165, 1.54) is 0 Å². The number of fused-ring (bicyclic) bond motifs is 2. The van der Waals surface area contributed by atoms with Gasteiger partial charge in [-0.05, 0) is 79.8 Å². The highest BCUT2D eigenvalue weighted by atomic mass is 16.1. The summed E-state index contributed by atoms with van der Waals surface area (Å²) in [4.78, 5) is 29.4. The lowest BCUT2D eigenvalue weighted by atomic mass is 9.65. The summed E-state index contributed by atoms with van der Waals surface area (Å²) in [7, 11) is 0. The number of rotatable bonds is 8. The van der Waals surface area contributed by atoms with Crippen molar-refractivity contribution in [1.29, 1.82) is 5.41 Å². The summed E-state index contributed by atoms with van der Waals surface area (Å²) < 4.78 is 0. The molecule has 3 atom stereocenters. The number of hydrogen-bond acceptors (Lipinski definition) is 6. The Morgan fingerprint density at radius 2 is 1.42 bits per heavy atom. The fraction of sp³-hybridized carbons (Fsp3) is 0.444. The van der Waals surface area contributed by atoms with Gasteiger partial charge >= 0.3 is 0 Å². The molecule has 1 aliphatic carbocycles. The van der Waals surface area contributed by atoms with Gasteiger partial charge in [-0.1, -0.05) is 43.3 Å². The number of nitrogens with one attached hydrogen (secondary N) is 1. The van der Waals surface area contributed by atoms with Gasteiger partial charge in [-0.3, -0.25) is 0 Å². The topological polar surface area (TPSA) is 109 Å². The van der Waals surface area contributed by atoms with Gasteiger partial charge in [0.2, 0.25) is 12.2 Å². The lowest BCUT2D eigenvalue weighted by Gasteiger charge is -2.39. The molecule has 172 valence electrons. The highest BCUT2D eigenvalue weighted by Gasteiger charge is 2.43. The van der Waals surface area contributed by atoms with Gasteiger partial charge in [-0.15, -0.1) is 0 Å². The summed E-state index contributed by atoms with van der Waals surface area (Å²) >= 11 is 0. The monoisotopic (exact) mass is 444 g/mol. The Morgan fingerprint density at radius 3 is 1.79 bits per heavy atom. The van der Waals surface area contributed by atoms with Gasteiger partial charge in [0.25, 0.3) is 0 Å². The molecule has 2 unspecified atom stereocenters. The van der Waals surface area contributed by atoms with Crippen molar-refractivity contribution in [2.45, 2.75) is 76.9 Å². The third-order valence-electron chi connectivity index (χ3n) is 6.80. The van der Waals surface area contributed by atoms with Crippen molar-refractivity contribution in [2.75, 3.05) is 0 Å². The van der Waals surface area contributed by atoms with Crippen molar-refractivity contribution in [1.82, 2.24) is 0 Å². The Hall–Kier alpha value is -3.17. The van der Waals surface area contributed by atoms with E-state index in [9.17, 15) is 9.59 Å². The summed E-state index contributed by atoms with van der Waals surface area (Å²) in [5, 5.41) is 9.15. The molecule has 2 aromatic carbocycles. The maximum atomic E-state index is 10.8. The van der Waals surface area contributed by atoms with Gasteiger partial charge in [0.1, 0.15) is 0 Å². The van der Waals surface area contributed by atoms with Crippen LogP contribution in [0.3, 0.4) is 0 Å². The van der Waals surface area contributed by atoms with Gasteiger partial charge in [0, 0.05) is 11.8 Å². The SMILES string of the molecule is CCC(=N)C1(C[C@@H](C)N)c2ccc(C(C)N=C=O)cc2CCc2cc(C(C)N=C=O)ccc21. The van der Waals surface area contributed by atoms with Crippen LogP contribution in [0.4, 0.5) is 0 Å². The van der Waals surface area contributed by atoms with Crippen LogP contribution in [0.2, 0.25) is 0 Å². The van der Waals surface area contributed by atoms with Crippen LogP contribution in [-0.2, 0) is 27.8 Å². The smallest absolute Gasteiger partial charge is 0.235 e. The van der Waals surface area contributed by atoms with Gasteiger partial charge < -0.3 is 11.1 Å². The minimum absolute atomic E-state index is 0.118. The maximum Gasteiger partial charge on any atom is 0.235 e.